The molecule has 1 N–H and O–H groups in total. The lowest BCUT2D eigenvalue weighted by Gasteiger charge is -2.15. The molecule has 0 fully saturated rings. The van der Waals surface area contributed by atoms with Gasteiger partial charge in [-0.3, -0.25) is 23.5 Å². The number of nitrogens with one attached hydrogen (secondary N) is 1. The first-order valence-electron chi connectivity index (χ1n) is 9.87. The van der Waals surface area contributed by atoms with Gasteiger partial charge in [-0.2, -0.15) is 0 Å². The predicted octanol–water partition coefficient (Wildman–Crippen LogP) is 3.51. The van der Waals surface area contributed by atoms with Crippen LogP contribution in [0.25, 0.3) is 11.0 Å². The summed E-state index contributed by atoms with van der Waals surface area (Å²) >= 11 is 6.18. The second kappa shape index (κ2) is 9.11. The lowest BCUT2D eigenvalue weighted by molar-refractivity contribution is -0.116. The zero-order chi connectivity index (χ0) is 22.7. The van der Waals surface area contributed by atoms with Crippen LogP contribution in [0.2, 0.25) is 5.02 Å². The van der Waals surface area contributed by atoms with Gasteiger partial charge in [-0.25, -0.2) is 0 Å². The summed E-state index contributed by atoms with van der Waals surface area (Å²) in [7, 11) is 1.53. The molecule has 0 aliphatic heterocycles. The molecular formula is C24H20ClN3O4. The molecule has 8 heteroatoms. The maximum atomic E-state index is 13.0. The van der Waals surface area contributed by atoms with Crippen molar-refractivity contribution in [3.05, 3.63) is 104 Å². The van der Waals surface area contributed by atoms with Crippen LogP contribution < -0.4 is 21.2 Å². The number of ether oxygens (including phenoxy) is 1. The third-order valence-electron chi connectivity index (χ3n) is 5.03. The van der Waals surface area contributed by atoms with E-state index in [2.05, 4.69) is 5.32 Å². The highest BCUT2D eigenvalue weighted by molar-refractivity contribution is 6.31. The van der Waals surface area contributed by atoms with Crippen LogP contribution in [0.1, 0.15) is 5.56 Å². The Morgan fingerprint density at radius 2 is 1.66 bits per heavy atom. The molecule has 0 saturated heterocycles. The van der Waals surface area contributed by atoms with Gasteiger partial charge in [0.25, 0.3) is 0 Å². The molecule has 0 aliphatic rings. The molecular weight excluding hydrogens is 430 g/mol. The Balaban J connectivity index is 1.75. The van der Waals surface area contributed by atoms with E-state index in [0.717, 1.165) is 10.1 Å². The number of methoxy groups -OCH3 is 1. The van der Waals surface area contributed by atoms with E-state index in [1.54, 1.807) is 42.5 Å². The number of rotatable bonds is 6. The average molecular weight is 450 g/mol. The van der Waals surface area contributed by atoms with Gasteiger partial charge in [0.05, 0.1) is 24.7 Å². The second-order valence-corrected chi connectivity index (χ2v) is 7.62. The Bertz CT molecular complexity index is 1410. The van der Waals surface area contributed by atoms with E-state index < -0.39 is 17.0 Å². The van der Waals surface area contributed by atoms with Crippen LogP contribution in [0.5, 0.6) is 5.75 Å². The van der Waals surface area contributed by atoms with Crippen LogP contribution in [-0.2, 0) is 17.9 Å². The molecule has 32 heavy (non-hydrogen) atoms. The molecule has 4 rings (SSSR count). The fourth-order valence-corrected chi connectivity index (χ4v) is 3.68. The number of aromatic nitrogens is 2. The number of nitrogens with zero attached hydrogens (tertiary/aromatic N) is 2. The Morgan fingerprint density at radius 3 is 2.41 bits per heavy atom. The molecule has 0 unspecified atom stereocenters. The minimum absolute atomic E-state index is 0.226. The van der Waals surface area contributed by atoms with E-state index in [1.165, 1.54) is 11.7 Å². The number of fused-ring (bicyclic) bond motifs is 1. The average Bonchev–Trinajstić information content (AvgIpc) is 2.80. The molecule has 7 nitrogen and oxygen atoms in total. The predicted molar refractivity (Wildman–Crippen MR) is 125 cm³/mol. The maximum Gasteiger partial charge on any atom is 0.317 e. The van der Waals surface area contributed by atoms with Crippen LogP contribution in [-0.4, -0.2) is 22.2 Å². The highest BCUT2D eigenvalue weighted by Gasteiger charge is 2.16. The molecule has 162 valence electrons. The number of hydrogen-bond donors (Lipinski definition) is 1. The number of carbonyl (C=O) groups excluding carboxylic acids is 1. The molecule has 1 amide bonds. The quantitative estimate of drug-likeness (QED) is 0.457. The Kier molecular flexibility index (Phi) is 6.09. The number of hydrogen-bond acceptors (Lipinski definition) is 4. The third-order valence-corrected chi connectivity index (χ3v) is 5.27. The summed E-state index contributed by atoms with van der Waals surface area (Å²) < 4.78 is 7.71. The van der Waals surface area contributed by atoms with Crippen molar-refractivity contribution in [2.75, 3.05) is 12.4 Å². The van der Waals surface area contributed by atoms with Crippen LogP contribution in [0, 0.1) is 0 Å². The topological polar surface area (TPSA) is 82.3 Å². The first-order valence-corrected chi connectivity index (χ1v) is 10.2. The monoisotopic (exact) mass is 449 g/mol. The minimum Gasteiger partial charge on any atom is -0.497 e. The number of anilines is 1. The highest BCUT2D eigenvalue weighted by atomic mass is 35.5. The van der Waals surface area contributed by atoms with Gasteiger partial charge in [0, 0.05) is 16.8 Å². The summed E-state index contributed by atoms with van der Waals surface area (Å²) in [4.78, 5) is 38.6. The molecule has 1 heterocycles. The van der Waals surface area contributed by atoms with Gasteiger partial charge in [0.2, 0.25) is 5.91 Å². The number of benzene rings is 3. The van der Waals surface area contributed by atoms with Crippen molar-refractivity contribution in [1.82, 2.24) is 9.13 Å². The first kappa shape index (κ1) is 21.4. The van der Waals surface area contributed by atoms with E-state index in [-0.39, 0.29) is 13.1 Å². The Labute approximate surface area is 188 Å². The zero-order valence-corrected chi connectivity index (χ0v) is 18.0. The molecule has 0 bridgehead atoms. The van der Waals surface area contributed by atoms with Crippen LogP contribution >= 0.6 is 11.6 Å². The van der Waals surface area contributed by atoms with Gasteiger partial charge >= 0.3 is 11.1 Å². The number of carbonyl (C=O) groups is 1. The van der Waals surface area contributed by atoms with Crippen molar-refractivity contribution < 1.29 is 9.53 Å². The standard InChI is InChI=1S/C24H20ClN3O4/c1-32-19-9-5-8-18(13-19)26-22(29)15-28-21-12-17(25)10-11-20(21)27(23(30)24(28)31)14-16-6-3-2-4-7-16/h2-13H,14-15H2,1H3,(H,26,29). The van der Waals surface area contributed by atoms with Crippen molar-refractivity contribution in [2.24, 2.45) is 0 Å². The smallest absolute Gasteiger partial charge is 0.317 e. The SMILES string of the molecule is COc1cccc(NC(=O)Cn2c(=O)c(=O)n(Cc3ccccc3)c3ccc(Cl)cc32)c1. The van der Waals surface area contributed by atoms with E-state index >= 15 is 0 Å². The van der Waals surface area contributed by atoms with Crippen molar-refractivity contribution in [3.8, 4) is 5.75 Å². The fourth-order valence-electron chi connectivity index (χ4n) is 3.52. The first-order chi connectivity index (χ1) is 15.5. The summed E-state index contributed by atoms with van der Waals surface area (Å²) in [5.41, 5.74) is 0.797. The van der Waals surface area contributed by atoms with Crippen molar-refractivity contribution in [1.29, 1.82) is 0 Å². The fraction of sp³-hybridized carbons (Fsp3) is 0.125. The minimum atomic E-state index is -0.795. The summed E-state index contributed by atoms with van der Waals surface area (Å²) in [5.74, 6) is 0.127. The summed E-state index contributed by atoms with van der Waals surface area (Å²) in [6.07, 6.45) is 0. The lowest BCUT2D eigenvalue weighted by atomic mass is 10.2. The van der Waals surface area contributed by atoms with Gasteiger partial charge in [-0.15, -0.1) is 0 Å². The van der Waals surface area contributed by atoms with Gasteiger partial charge in [-0.05, 0) is 35.9 Å². The Morgan fingerprint density at radius 1 is 0.906 bits per heavy atom. The van der Waals surface area contributed by atoms with E-state index in [1.807, 2.05) is 30.3 Å². The van der Waals surface area contributed by atoms with Crippen LogP contribution in [0.15, 0.2) is 82.4 Å². The molecule has 0 saturated carbocycles. The molecule has 0 atom stereocenters. The lowest BCUT2D eigenvalue weighted by Crippen LogP contribution is -2.43. The summed E-state index contributed by atoms with van der Waals surface area (Å²) in [6.45, 7) is -0.113. The molecule has 1 aromatic heterocycles. The molecule has 3 aromatic carbocycles. The van der Waals surface area contributed by atoms with E-state index in [9.17, 15) is 14.4 Å². The largest absolute Gasteiger partial charge is 0.497 e. The molecule has 4 aromatic rings. The van der Waals surface area contributed by atoms with Gasteiger partial charge in [0.1, 0.15) is 12.3 Å². The molecule has 0 spiro atoms. The van der Waals surface area contributed by atoms with Crippen molar-refractivity contribution >= 4 is 34.2 Å². The number of amides is 1. The zero-order valence-electron chi connectivity index (χ0n) is 17.2. The summed E-state index contributed by atoms with van der Waals surface area (Å²) in [6, 6.07) is 21.1. The van der Waals surface area contributed by atoms with Crippen LogP contribution in [0.3, 0.4) is 0 Å². The van der Waals surface area contributed by atoms with Crippen molar-refractivity contribution in [3.63, 3.8) is 0 Å². The maximum absolute atomic E-state index is 13.0. The summed E-state index contributed by atoms with van der Waals surface area (Å²) in [5, 5.41) is 3.12. The van der Waals surface area contributed by atoms with E-state index in [4.69, 9.17) is 16.3 Å². The number of halogens is 1. The highest BCUT2D eigenvalue weighted by Crippen LogP contribution is 2.19. The van der Waals surface area contributed by atoms with Crippen LogP contribution in [0.4, 0.5) is 5.69 Å². The Hall–Kier alpha value is -3.84. The third kappa shape index (κ3) is 4.43. The van der Waals surface area contributed by atoms with Gasteiger partial charge in [-0.1, -0.05) is 48.0 Å². The second-order valence-electron chi connectivity index (χ2n) is 7.18. The molecule has 0 aliphatic carbocycles. The van der Waals surface area contributed by atoms with Gasteiger partial charge < -0.3 is 10.1 Å². The normalized spacial score (nSPS) is 10.8. The molecule has 0 radical (unpaired) electrons. The van der Waals surface area contributed by atoms with E-state index in [0.29, 0.717) is 27.5 Å². The van der Waals surface area contributed by atoms with Crippen molar-refractivity contribution in [2.45, 2.75) is 13.1 Å². The van der Waals surface area contributed by atoms with Gasteiger partial charge in [0.15, 0.2) is 0 Å².